The number of aromatic nitrogens is 2. The molecule has 0 aliphatic carbocycles. The molecule has 1 aliphatic rings. The number of halogens is 1. The Hall–Kier alpha value is -2.18. The molecular formula is C18H16ClN3O2S. The minimum atomic E-state index is -0.0479. The third kappa shape index (κ3) is 3.32. The first-order chi connectivity index (χ1) is 12.2. The predicted octanol–water partition coefficient (Wildman–Crippen LogP) is 4.47. The minimum Gasteiger partial charge on any atom is -0.339 e. The van der Waals surface area contributed by atoms with E-state index in [-0.39, 0.29) is 11.8 Å². The number of amides is 1. The highest BCUT2D eigenvalue weighted by Gasteiger charge is 2.29. The van der Waals surface area contributed by atoms with E-state index in [9.17, 15) is 4.79 Å². The minimum absolute atomic E-state index is 0.0479. The number of piperidine rings is 1. The maximum atomic E-state index is 12.8. The van der Waals surface area contributed by atoms with Crippen molar-refractivity contribution in [3.63, 3.8) is 0 Å². The zero-order valence-corrected chi connectivity index (χ0v) is 15.0. The molecule has 128 valence electrons. The van der Waals surface area contributed by atoms with Crippen molar-refractivity contribution in [2.24, 2.45) is 0 Å². The van der Waals surface area contributed by atoms with E-state index in [4.69, 9.17) is 16.1 Å². The van der Waals surface area contributed by atoms with Crippen LogP contribution in [-0.2, 0) is 0 Å². The first kappa shape index (κ1) is 16.3. The number of likely N-dealkylation sites (tertiary alicyclic amines) is 1. The molecule has 0 saturated carbocycles. The summed E-state index contributed by atoms with van der Waals surface area (Å²) in [5.74, 6) is 1.22. The Kier molecular flexibility index (Phi) is 4.55. The molecule has 3 heterocycles. The van der Waals surface area contributed by atoms with Gasteiger partial charge >= 0.3 is 0 Å². The highest BCUT2D eigenvalue weighted by Crippen LogP contribution is 2.30. The zero-order valence-electron chi connectivity index (χ0n) is 13.4. The Bertz CT molecular complexity index is 878. The van der Waals surface area contributed by atoms with Gasteiger partial charge in [0.15, 0.2) is 0 Å². The molecule has 3 aromatic rings. The van der Waals surface area contributed by atoms with Gasteiger partial charge in [-0.05, 0) is 36.4 Å². The largest absolute Gasteiger partial charge is 0.339 e. The summed E-state index contributed by atoms with van der Waals surface area (Å²) in [4.78, 5) is 20.1. The fourth-order valence-electron chi connectivity index (χ4n) is 3.08. The van der Waals surface area contributed by atoms with Crippen molar-refractivity contribution in [3.8, 4) is 10.7 Å². The molecule has 1 aliphatic heterocycles. The molecule has 25 heavy (non-hydrogen) atoms. The zero-order chi connectivity index (χ0) is 17.2. The van der Waals surface area contributed by atoms with Gasteiger partial charge in [0.05, 0.1) is 21.4 Å². The summed E-state index contributed by atoms with van der Waals surface area (Å²) in [5.41, 5.74) is 0.537. The third-order valence-electron chi connectivity index (χ3n) is 4.35. The van der Waals surface area contributed by atoms with Crippen molar-refractivity contribution in [1.29, 1.82) is 0 Å². The molecule has 1 atom stereocenters. The molecular weight excluding hydrogens is 358 g/mol. The summed E-state index contributed by atoms with van der Waals surface area (Å²) in [5, 5.41) is 6.54. The van der Waals surface area contributed by atoms with Crippen LogP contribution >= 0.6 is 22.9 Å². The van der Waals surface area contributed by atoms with Crippen molar-refractivity contribution < 1.29 is 9.32 Å². The first-order valence-electron chi connectivity index (χ1n) is 8.13. The van der Waals surface area contributed by atoms with Gasteiger partial charge in [0.2, 0.25) is 11.7 Å². The Labute approximate surface area is 154 Å². The smallest absolute Gasteiger partial charge is 0.255 e. The second-order valence-electron chi connectivity index (χ2n) is 6.00. The molecule has 1 saturated heterocycles. The molecule has 0 N–H and O–H groups in total. The van der Waals surface area contributed by atoms with Gasteiger partial charge in [-0.25, -0.2) is 0 Å². The highest BCUT2D eigenvalue weighted by atomic mass is 35.5. The number of hydrogen-bond acceptors (Lipinski definition) is 5. The van der Waals surface area contributed by atoms with E-state index >= 15 is 0 Å². The number of carbonyl (C=O) groups is 1. The number of carbonyl (C=O) groups excluding carboxylic acids is 1. The lowest BCUT2D eigenvalue weighted by atomic mass is 9.97. The van der Waals surface area contributed by atoms with Gasteiger partial charge in [-0.3, -0.25) is 4.79 Å². The lowest BCUT2D eigenvalue weighted by Gasteiger charge is -2.31. The van der Waals surface area contributed by atoms with Crippen molar-refractivity contribution >= 4 is 28.8 Å². The molecule has 5 nitrogen and oxygen atoms in total. The maximum absolute atomic E-state index is 12.8. The van der Waals surface area contributed by atoms with Gasteiger partial charge in [0.25, 0.3) is 5.91 Å². The number of benzene rings is 1. The lowest BCUT2D eigenvalue weighted by molar-refractivity contribution is 0.0696. The maximum Gasteiger partial charge on any atom is 0.255 e. The molecule has 1 amide bonds. The standard InChI is InChI=1S/C18H16ClN3O2S/c19-14-7-2-1-6-13(14)18(23)22-9-3-5-12(11-22)17-20-16(21-24-17)15-8-4-10-25-15/h1-2,4,6-8,10,12H,3,5,9,11H2/t12-/m1/s1. The van der Waals surface area contributed by atoms with Crippen LogP contribution in [-0.4, -0.2) is 34.0 Å². The van der Waals surface area contributed by atoms with E-state index in [1.54, 1.807) is 23.5 Å². The quantitative estimate of drug-likeness (QED) is 0.679. The van der Waals surface area contributed by atoms with Gasteiger partial charge in [0, 0.05) is 13.1 Å². The topological polar surface area (TPSA) is 59.2 Å². The van der Waals surface area contributed by atoms with Gasteiger partial charge in [-0.1, -0.05) is 35.0 Å². The van der Waals surface area contributed by atoms with Gasteiger partial charge in [0.1, 0.15) is 0 Å². The summed E-state index contributed by atoms with van der Waals surface area (Å²) in [6, 6.07) is 11.1. The Morgan fingerprint density at radius 3 is 2.96 bits per heavy atom. The highest BCUT2D eigenvalue weighted by molar-refractivity contribution is 7.13. The summed E-state index contributed by atoms with van der Waals surface area (Å²) in [6.07, 6.45) is 1.83. The van der Waals surface area contributed by atoms with Crippen molar-refractivity contribution in [1.82, 2.24) is 15.0 Å². The van der Waals surface area contributed by atoms with Crippen molar-refractivity contribution in [2.45, 2.75) is 18.8 Å². The Balaban J connectivity index is 1.51. The molecule has 4 rings (SSSR count). The fraction of sp³-hybridized carbons (Fsp3) is 0.278. The van der Waals surface area contributed by atoms with Crippen LogP contribution in [0.3, 0.4) is 0 Å². The van der Waals surface area contributed by atoms with Gasteiger partial charge < -0.3 is 9.42 Å². The SMILES string of the molecule is O=C(c1ccccc1Cl)N1CCC[C@@H](c2nc(-c3cccs3)no2)C1. The second-order valence-corrected chi connectivity index (χ2v) is 7.36. The van der Waals surface area contributed by atoms with Gasteiger partial charge in [-0.2, -0.15) is 4.98 Å². The van der Waals surface area contributed by atoms with E-state index < -0.39 is 0 Å². The number of thiophene rings is 1. The Morgan fingerprint density at radius 2 is 2.16 bits per heavy atom. The average molecular weight is 374 g/mol. The van der Waals surface area contributed by atoms with E-state index in [1.165, 1.54) is 0 Å². The van der Waals surface area contributed by atoms with Crippen LogP contribution in [0.4, 0.5) is 0 Å². The lowest BCUT2D eigenvalue weighted by Crippen LogP contribution is -2.39. The van der Waals surface area contributed by atoms with E-state index in [0.717, 1.165) is 17.7 Å². The van der Waals surface area contributed by atoms with Crippen LogP contribution in [0.1, 0.15) is 35.0 Å². The number of rotatable bonds is 3. The fourth-order valence-corrected chi connectivity index (χ4v) is 3.94. The normalized spacial score (nSPS) is 17.6. The third-order valence-corrected chi connectivity index (χ3v) is 5.54. The van der Waals surface area contributed by atoms with Crippen LogP contribution in [0, 0.1) is 0 Å². The van der Waals surface area contributed by atoms with Gasteiger partial charge in [-0.15, -0.1) is 11.3 Å². The predicted molar refractivity (Wildman–Crippen MR) is 96.9 cm³/mol. The van der Waals surface area contributed by atoms with Crippen LogP contribution in [0.2, 0.25) is 5.02 Å². The molecule has 0 radical (unpaired) electrons. The average Bonchev–Trinajstić information content (AvgIpc) is 3.33. The van der Waals surface area contributed by atoms with Crippen molar-refractivity contribution in [2.75, 3.05) is 13.1 Å². The van der Waals surface area contributed by atoms with Crippen LogP contribution in [0.5, 0.6) is 0 Å². The molecule has 0 unspecified atom stereocenters. The summed E-state index contributed by atoms with van der Waals surface area (Å²) in [7, 11) is 0. The molecule has 1 fully saturated rings. The van der Waals surface area contributed by atoms with Crippen LogP contribution < -0.4 is 0 Å². The molecule has 2 aromatic heterocycles. The summed E-state index contributed by atoms with van der Waals surface area (Å²) < 4.78 is 5.47. The van der Waals surface area contributed by atoms with E-state index in [0.29, 0.717) is 35.4 Å². The number of hydrogen-bond donors (Lipinski definition) is 0. The molecule has 0 bridgehead atoms. The summed E-state index contributed by atoms with van der Waals surface area (Å²) in [6.45, 7) is 1.28. The summed E-state index contributed by atoms with van der Waals surface area (Å²) >= 11 is 7.74. The number of nitrogens with zero attached hydrogens (tertiary/aromatic N) is 3. The van der Waals surface area contributed by atoms with E-state index in [1.807, 2.05) is 34.5 Å². The van der Waals surface area contributed by atoms with Crippen molar-refractivity contribution in [3.05, 3.63) is 58.3 Å². The monoisotopic (exact) mass is 373 g/mol. The second kappa shape index (κ2) is 6.98. The van der Waals surface area contributed by atoms with Crippen LogP contribution in [0.25, 0.3) is 10.7 Å². The van der Waals surface area contributed by atoms with E-state index in [2.05, 4.69) is 10.1 Å². The van der Waals surface area contributed by atoms with Crippen LogP contribution in [0.15, 0.2) is 46.3 Å². The molecule has 7 heteroatoms. The first-order valence-corrected chi connectivity index (χ1v) is 9.39. The molecule has 1 aromatic carbocycles. The molecule has 0 spiro atoms. The Morgan fingerprint density at radius 1 is 1.28 bits per heavy atom.